The topological polar surface area (TPSA) is 6.48 Å². The first-order valence-corrected chi connectivity index (χ1v) is 36.4. The number of fused-ring (bicyclic) bond motifs is 7. The van der Waals surface area contributed by atoms with Gasteiger partial charge in [-0.3, -0.25) is 0 Å². The van der Waals surface area contributed by atoms with Crippen LogP contribution in [0.25, 0.3) is 77.9 Å². The van der Waals surface area contributed by atoms with E-state index in [2.05, 4.69) is 329 Å². The first kappa shape index (κ1) is 55.4. The number of hydrogen-bond donors (Lipinski definition) is 0. The Kier molecular flexibility index (Phi) is 13.3. The zero-order chi connectivity index (χ0) is 80.3. The molecule has 2 nitrogen and oxygen atoms in total. The Hall–Kier alpha value is -11.3. The van der Waals surface area contributed by atoms with Gasteiger partial charge in [-0.05, 0) is 162 Å². The highest BCUT2D eigenvalue weighted by Gasteiger charge is 2.51. The highest BCUT2D eigenvalue weighted by Crippen LogP contribution is 2.60. The minimum Gasteiger partial charge on any atom is -0.310 e. The Morgan fingerprint density at radius 3 is 0.952 bits per heavy atom. The van der Waals surface area contributed by atoms with E-state index in [-0.39, 0.29) is 57.0 Å². The normalized spacial score (nSPS) is 14.9. The fraction of sp³-hybridized carbons (Fsp3) is 0.168. The van der Waals surface area contributed by atoms with Gasteiger partial charge < -0.3 is 9.80 Å². The van der Waals surface area contributed by atoms with Crippen molar-refractivity contribution in [1.29, 1.82) is 0 Å². The van der Waals surface area contributed by atoms with Crippen molar-refractivity contribution in [3.63, 3.8) is 0 Å². The molecule has 0 fully saturated rings. The Balaban J connectivity index is 1.14. The Morgan fingerprint density at radius 1 is 0.269 bits per heavy atom. The van der Waals surface area contributed by atoms with E-state index in [0.29, 0.717) is 11.1 Å². The van der Waals surface area contributed by atoms with Crippen LogP contribution in [0.1, 0.15) is 141 Å². The summed E-state index contributed by atoms with van der Waals surface area (Å²) >= 11 is 0. The molecule has 0 N–H and O–H groups in total. The van der Waals surface area contributed by atoms with Crippen LogP contribution in [0.5, 0.6) is 0 Å². The van der Waals surface area contributed by atoms with Gasteiger partial charge in [-0.15, -0.1) is 0 Å². The molecule has 17 rings (SSSR count). The molecule has 14 aromatic rings. The molecule has 0 spiro atoms. The molecule has 0 radical (unpaired) electrons. The molecule has 0 atom stereocenters. The molecular formula is C101H89BN2. The quantitative estimate of drug-likeness (QED) is 0.126. The summed E-state index contributed by atoms with van der Waals surface area (Å²) in [4.78, 5) is 4.94. The second-order valence-electron chi connectivity index (χ2n) is 32.5. The molecule has 3 heteroatoms. The predicted octanol–water partition coefficient (Wildman–Crippen LogP) is 25.3. The van der Waals surface area contributed by atoms with Crippen molar-refractivity contribution in [2.24, 2.45) is 0 Å². The highest BCUT2D eigenvalue weighted by molar-refractivity contribution is 7.00. The van der Waals surface area contributed by atoms with Crippen LogP contribution < -0.4 is 26.2 Å². The number of hydrogen-bond acceptors (Lipinski definition) is 2. The number of anilines is 6. The van der Waals surface area contributed by atoms with Crippen molar-refractivity contribution in [3.05, 3.63) is 366 Å². The maximum absolute atomic E-state index is 9.77. The third-order valence-electron chi connectivity index (χ3n) is 21.9. The van der Waals surface area contributed by atoms with Crippen LogP contribution in [0.15, 0.2) is 321 Å². The lowest BCUT2D eigenvalue weighted by Crippen LogP contribution is -2.61. The van der Waals surface area contributed by atoms with Crippen LogP contribution in [0.4, 0.5) is 34.1 Å². The molecule has 0 aromatic heterocycles. The summed E-state index contributed by atoms with van der Waals surface area (Å²) in [5, 5.41) is 0. The highest BCUT2D eigenvalue weighted by atomic mass is 15.2. The first-order valence-electron chi connectivity index (χ1n) is 41.4. The predicted molar refractivity (Wildman–Crippen MR) is 445 cm³/mol. The fourth-order valence-corrected chi connectivity index (χ4v) is 16.6. The van der Waals surface area contributed by atoms with Gasteiger partial charge in [0, 0.05) is 45.0 Å². The molecule has 1 aliphatic carbocycles. The first-order chi connectivity index (χ1) is 54.3. The van der Waals surface area contributed by atoms with Gasteiger partial charge in [0.25, 0.3) is 6.71 Å². The SMILES string of the molecule is [2H]c1c([2H])c([2H])c(-c2ccc3c(c2)B2c4cc(-c5c([2H])c([2H])c([2H])c([2H])c5[2H])ccc4N(c4c(-c5cccc(C(C)(C)C)c5)cccc4-c4cccc(C(C)(C)C)c4)c4cc(C5(c6ccccc6)c6ccccc6-c6ccccc65)cc(c42)N3c2c(-c3cccc(C(C)(C)C)c3)cccc2-c2cccc(C(C)(C)C)c2)c([2H])c1[2H]. The lowest BCUT2D eigenvalue weighted by atomic mass is 9.33. The van der Waals surface area contributed by atoms with Gasteiger partial charge in [0.05, 0.1) is 30.5 Å². The minimum absolute atomic E-state index is 0.0400. The molecular weight excluding hydrogens is 1250 g/mol. The maximum Gasteiger partial charge on any atom is 0.252 e. The van der Waals surface area contributed by atoms with Gasteiger partial charge in [-0.25, -0.2) is 0 Å². The average Bonchev–Trinajstić information content (AvgIpc) is 1.15. The summed E-state index contributed by atoms with van der Waals surface area (Å²) in [5.74, 6) is 0. The summed E-state index contributed by atoms with van der Waals surface area (Å²) in [7, 11) is 0. The molecule has 0 unspecified atom stereocenters. The summed E-state index contributed by atoms with van der Waals surface area (Å²) in [6.45, 7) is 26.1. The molecule has 506 valence electrons. The van der Waals surface area contributed by atoms with E-state index in [1.54, 1.807) is 0 Å². The van der Waals surface area contributed by atoms with Gasteiger partial charge in [0.15, 0.2) is 0 Å². The molecule has 104 heavy (non-hydrogen) atoms. The zero-order valence-corrected chi connectivity index (χ0v) is 61.3. The molecule has 0 amide bonds. The Labute approximate surface area is 631 Å². The van der Waals surface area contributed by atoms with Gasteiger partial charge in [0.1, 0.15) is 0 Å². The summed E-state index contributed by atoms with van der Waals surface area (Å²) in [6, 6.07) is 90.2. The van der Waals surface area contributed by atoms with Crippen molar-refractivity contribution in [3.8, 4) is 77.9 Å². The van der Waals surface area contributed by atoms with E-state index in [1.807, 2.05) is 24.3 Å². The van der Waals surface area contributed by atoms with Crippen LogP contribution >= 0.6 is 0 Å². The van der Waals surface area contributed by atoms with E-state index >= 15 is 0 Å². The smallest absolute Gasteiger partial charge is 0.252 e. The van der Waals surface area contributed by atoms with Gasteiger partial charge >= 0.3 is 0 Å². The summed E-state index contributed by atoms with van der Waals surface area (Å²) in [6.07, 6.45) is 0. The van der Waals surface area contributed by atoms with Gasteiger partial charge in [-0.1, -0.05) is 380 Å². The van der Waals surface area contributed by atoms with Crippen LogP contribution in [-0.4, -0.2) is 6.71 Å². The van der Waals surface area contributed by atoms with E-state index < -0.39 is 48.4 Å². The number of nitrogens with zero attached hydrogens (tertiary/aromatic N) is 2. The number of para-hydroxylation sites is 2. The largest absolute Gasteiger partial charge is 0.310 e. The lowest BCUT2D eigenvalue weighted by Gasteiger charge is -2.47. The van der Waals surface area contributed by atoms with Crippen molar-refractivity contribution in [2.75, 3.05) is 9.80 Å². The van der Waals surface area contributed by atoms with Crippen molar-refractivity contribution < 1.29 is 13.7 Å². The molecule has 2 heterocycles. The third kappa shape index (κ3) is 11.1. The summed E-state index contributed by atoms with van der Waals surface area (Å²) < 4.78 is 93.9. The van der Waals surface area contributed by atoms with Gasteiger partial charge in [0.2, 0.25) is 0 Å². The number of benzene rings is 14. The maximum atomic E-state index is 9.77. The molecule has 3 aliphatic rings. The summed E-state index contributed by atoms with van der Waals surface area (Å²) in [5.41, 5.74) is 24.8. The number of rotatable bonds is 10. The molecule has 14 aromatic carbocycles. The van der Waals surface area contributed by atoms with Crippen molar-refractivity contribution in [2.45, 2.75) is 110 Å². The van der Waals surface area contributed by atoms with E-state index in [0.717, 1.165) is 151 Å². The monoisotopic (exact) mass is 1350 g/mol. The second-order valence-corrected chi connectivity index (χ2v) is 32.5. The van der Waals surface area contributed by atoms with Crippen LogP contribution in [0.2, 0.25) is 0 Å². The Bertz CT molecular complexity index is 5770. The molecule has 0 bridgehead atoms. The average molecular weight is 1350 g/mol. The van der Waals surface area contributed by atoms with Gasteiger partial charge in [-0.2, -0.15) is 0 Å². The zero-order valence-electron chi connectivity index (χ0n) is 71.3. The van der Waals surface area contributed by atoms with E-state index in [9.17, 15) is 11.0 Å². The molecule has 2 aliphatic heterocycles. The third-order valence-corrected chi connectivity index (χ3v) is 21.9. The van der Waals surface area contributed by atoms with Crippen LogP contribution in [-0.2, 0) is 27.1 Å². The lowest BCUT2D eigenvalue weighted by molar-refractivity contribution is 0.590. The second kappa shape index (κ2) is 25.0. The van der Waals surface area contributed by atoms with Crippen molar-refractivity contribution >= 4 is 57.2 Å². The van der Waals surface area contributed by atoms with Crippen LogP contribution in [0, 0.1) is 0 Å². The van der Waals surface area contributed by atoms with Crippen LogP contribution in [0.3, 0.4) is 0 Å². The molecule has 0 saturated carbocycles. The minimum atomic E-state index is -1.02. The van der Waals surface area contributed by atoms with E-state index in [1.165, 1.54) is 0 Å². The molecule has 0 saturated heterocycles. The van der Waals surface area contributed by atoms with E-state index in [4.69, 9.17) is 2.74 Å². The Morgan fingerprint density at radius 2 is 0.596 bits per heavy atom. The van der Waals surface area contributed by atoms with Crippen molar-refractivity contribution in [1.82, 2.24) is 0 Å². The standard InChI is InChI=1S/C101H89BN2/c1-97(2,3)75-42-26-36-70(58-75)80-48-30-49-81(71-37-27-43-76(59-71)98(4,5)6)95(80)103-90-56-54-68(66-32-16-13-17-33-66)62-88(90)102-89-63-69(67-34-18-14-19-35-67)55-57-91(89)104(96-82(72-38-28-44-77(60-72)99(7,8)9)50-31-51-83(96)73-39-29-45-78(61-73)100(10,11)12)93-65-79(64-92(103)94(93)102)101(74-40-20-15-21-41-74)86-52-24-22-46-84(86)85-47-23-25-53-87(85)101/h13-65H,1-12H3/i13D,14D,16D,17D,18D,19D,32D,33D,34D,35D. The fourth-order valence-electron chi connectivity index (χ4n) is 16.6.